The van der Waals surface area contributed by atoms with E-state index >= 15 is 0 Å². The molecule has 0 heterocycles. The normalized spacial score (nSPS) is 12.7. The minimum Gasteiger partial charge on any atom is -0.354 e. The molecule has 0 aliphatic carbocycles. The van der Waals surface area contributed by atoms with E-state index in [0.29, 0.717) is 12.2 Å². The molecule has 0 aromatic heterocycles. The van der Waals surface area contributed by atoms with E-state index in [1.54, 1.807) is 19.1 Å². The van der Waals surface area contributed by atoms with Crippen molar-refractivity contribution in [2.24, 2.45) is 0 Å². The zero-order valence-electron chi connectivity index (χ0n) is 14.7. The highest BCUT2D eigenvalue weighted by atomic mass is 16.2. The van der Waals surface area contributed by atoms with E-state index in [0.717, 1.165) is 6.42 Å². The quantitative estimate of drug-likeness (QED) is 0.722. The van der Waals surface area contributed by atoms with E-state index in [-0.39, 0.29) is 11.8 Å². The Bertz CT molecular complexity index is 674. The van der Waals surface area contributed by atoms with Gasteiger partial charge in [-0.25, -0.2) is 4.79 Å². The summed E-state index contributed by atoms with van der Waals surface area (Å²) in [6.07, 6.45) is 0.931. The number of hydrogen-bond acceptors (Lipinski definition) is 2. The SMILES string of the molecule is CCC(CNC(=O)C(C)NC(=O)Nc1ccccc1)c1ccccc1. The number of urea groups is 1. The standard InChI is InChI=1S/C20H25N3O2/c1-3-16(17-10-6-4-7-11-17)14-21-19(24)15(2)22-20(25)23-18-12-8-5-9-13-18/h4-13,15-16H,3,14H2,1-2H3,(H,21,24)(H2,22,23,25). The number of amides is 3. The number of nitrogens with one attached hydrogen (secondary N) is 3. The summed E-state index contributed by atoms with van der Waals surface area (Å²) in [6.45, 7) is 4.31. The van der Waals surface area contributed by atoms with Crippen molar-refractivity contribution in [3.05, 3.63) is 66.2 Å². The van der Waals surface area contributed by atoms with Gasteiger partial charge in [-0.1, -0.05) is 55.5 Å². The maximum atomic E-state index is 12.2. The lowest BCUT2D eigenvalue weighted by atomic mass is 9.96. The lowest BCUT2D eigenvalue weighted by molar-refractivity contribution is -0.122. The Labute approximate surface area is 148 Å². The summed E-state index contributed by atoms with van der Waals surface area (Å²) < 4.78 is 0. The molecular weight excluding hydrogens is 314 g/mol. The summed E-state index contributed by atoms with van der Waals surface area (Å²) in [5.74, 6) is 0.0630. The fraction of sp³-hybridized carbons (Fsp3) is 0.300. The van der Waals surface area contributed by atoms with Crippen molar-refractivity contribution in [2.45, 2.75) is 32.2 Å². The van der Waals surface area contributed by atoms with Crippen molar-refractivity contribution in [2.75, 3.05) is 11.9 Å². The van der Waals surface area contributed by atoms with Crippen LogP contribution in [0.15, 0.2) is 60.7 Å². The van der Waals surface area contributed by atoms with Crippen LogP contribution in [0.1, 0.15) is 31.7 Å². The van der Waals surface area contributed by atoms with Crippen LogP contribution in [-0.2, 0) is 4.79 Å². The number of carbonyl (C=O) groups excluding carboxylic acids is 2. The third-order valence-electron chi connectivity index (χ3n) is 4.06. The van der Waals surface area contributed by atoms with E-state index in [1.807, 2.05) is 36.4 Å². The maximum absolute atomic E-state index is 12.2. The third kappa shape index (κ3) is 5.95. The van der Waals surface area contributed by atoms with Crippen LogP contribution in [0.25, 0.3) is 0 Å². The van der Waals surface area contributed by atoms with Gasteiger partial charge in [0.25, 0.3) is 0 Å². The minimum absolute atomic E-state index is 0.197. The molecule has 0 bridgehead atoms. The molecule has 0 spiro atoms. The largest absolute Gasteiger partial charge is 0.354 e. The predicted octanol–water partition coefficient (Wildman–Crippen LogP) is 3.51. The zero-order valence-corrected chi connectivity index (χ0v) is 14.7. The number of carbonyl (C=O) groups is 2. The second-order valence-corrected chi connectivity index (χ2v) is 5.95. The molecule has 2 aromatic carbocycles. The first kappa shape index (κ1) is 18.5. The molecule has 132 valence electrons. The van der Waals surface area contributed by atoms with Gasteiger partial charge in [-0.05, 0) is 31.0 Å². The van der Waals surface area contributed by atoms with Crippen LogP contribution < -0.4 is 16.0 Å². The lowest BCUT2D eigenvalue weighted by Crippen LogP contribution is -2.47. The minimum atomic E-state index is -0.614. The van der Waals surface area contributed by atoms with Gasteiger partial charge in [0.15, 0.2) is 0 Å². The second kappa shape index (κ2) is 9.47. The first-order chi connectivity index (χ1) is 12.1. The van der Waals surface area contributed by atoms with Crippen molar-refractivity contribution in [3.8, 4) is 0 Å². The Morgan fingerprint density at radius 3 is 2.16 bits per heavy atom. The van der Waals surface area contributed by atoms with Crippen molar-refractivity contribution in [3.63, 3.8) is 0 Å². The molecular formula is C20H25N3O2. The Morgan fingerprint density at radius 1 is 0.960 bits per heavy atom. The van der Waals surface area contributed by atoms with Crippen LogP contribution >= 0.6 is 0 Å². The van der Waals surface area contributed by atoms with Gasteiger partial charge in [-0.2, -0.15) is 0 Å². The summed E-state index contributed by atoms with van der Waals surface area (Å²) in [7, 11) is 0. The molecule has 2 unspecified atom stereocenters. The molecule has 0 saturated heterocycles. The fourth-order valence-corrected chi connectivity index (χ4v) is 2.55. The van der Waals surface area contributed by atoms with Crippen LogP contribution in [0.3, 0.4) is 0 Å². The van der Waals surface area contributed by atoms with Crippen molar-refractivity contribution < 1.29 is 9.59 Å². The Hall–Kier alpha value is -2.82. The highest BCUT2D eigenvalue weighted by Crippen LogP contribution is 2.17. The van der Waals surface area contributed by atoms with Gasteiger partial charge in [-0.3, -0.25) is 4.79 Å². The van der Waals surface area contributed by atoms with Crippen LogP contribution in [0.5, 0.6) is 0 Å². The van der Waals surface area contributed by atoms with Crippen LogP contribution in [-0.4, -0.2) is 24.5 Å². The molecule has 5 nitrogen and oxygen atoms in total. The lowest BCUT2D eigenvalue weighted by Gasteiger charge is -2.19. The average Bonchev–Trinajstić information content (AvgIpc) is 2.63. The molecule has 0 aliphatic heterocycles. The molecule has 25 heavy (non-hydrogen) atoms. The molecule has 2 aromatic rings. The van der Waals surface area contributed by atoms with Gasteiger partial charge in [0, 0.05) is 18.2 Å². The molecule has 3 amide bonds. The molecule has 2 rings (SSSR count). The molecule has 0 fully saturated rings. The van der Waals surface area contributed by atoms with Gasteiger partial charge in [0.1, 0.15) is 6.04 Å². The van der Waals surface area contributed by atoms with E-state index < -0.39 is 12.1 Å². The topological polar surface area (TPSA) is 70.2 Å². The average molecular weight is 339 g/mol. The number of para-hydroxylation sites is 1. The first-order valence-electron chi connectivity index (χ1n) is 8.55. The van der Waals surface area contributed by atoms with Crippen molar-refractivity contribution in [1.82, 2.24) is 10.6 Å². The number of benzene rings is 2. The molecule has 0 radical (unpaired) electrons. The Kier molecular flexibility index (Phi) is 7.01. The van der Waals surface area contributed by atoms with Gasteiger partial charge in [0.2, 0.25) is 5.91 Å². The summed E-state index contributed by atoms with van der Waals surface area (Å²) >= 11 is 0. The Balaban J connectivity index is 1.80. The van der Waals surface area contributed by atoms with Crippen LogP contribution in [0.2, 0.25) is 0 Å². The summed E-state index contributed by atoms with van der Waals surface area (Å²) in [4.78, 5) is 24.2. The molecule has 0 aliphatic rings. The monoisotopic (exact) mass is 339 g/mol. The summed E-state index contributed by atoms with van der Waals surface area (Å²) in [5, 5.41) is 8.27. The first-order valence-corrected chi connectivity index (χ1v) is 8.55. The number of rotatable bonds is 7. The third-order valence-corrected chi connectivity index (χ3v) is 4.06. The molecule has 3 N–H and O–H groups in total. The Morgan fingerprint density at radius 2 is 1.56 bits per heavy atom. The van der Waals surface area contributed by atoms with Crippen LogP contribution in [0.4, 0.5) is 10.5 Å². The second-order valence-electron chi connectivity index (χ2n) is 5.95. The van der Waals surface area contributed by atoms with Gasteiger partial charge < -0.3 is 16.0 Å². The van der Waals surface area contributed by atoms with E-state index in [1.165, 1.54) is 5.56 Å². The highest BCUT2D eigenvalue weighted by molar-refractivity contribution is 5.93. The van der Waals surface area contributed by atoms with Crippen molar-refractivity contribution >= 4 is 17.6 Å². The fourth-order valence-electron chi connectivity index (χ4n) is 2.55. The van der Waals surface area contributed by atoms with E-state index in [9.17, 15) is 9.59 Å². The molecule has 5 heteroatoms. The molecule has 0 saturated carbocycles. The smallest absolute Gasteiger partial charge is 0.319 e. The highest BCUT2D eigenvalue weighted by Gasteiger charge is 2.17. The van der Waals surface area contributed by atoms with E-state index in [4.69, 9.17) is 0 Å². The van der Waals surface area contributed by atoms with Gasteiger partial charge in [0.05, 0.1) is 0 Å². The van der Waals surface area contributed by atoms with E-state index in [2.05, 4.69) is 35.0 Å². The van der Waals surface area contributed by atoms with Crippen molar-refractivity contribution in [1.29, 1.82) is 0 Å². The summed E-state index contributed by atoms with van der Waals surface area (Å²) in [5.41, 5.74) is 1.88. The number of anilines is 1. The zero-order chi connectivity index (χ0) is 18.1. The van der Waals surface area contributed by atoms with Gasteiger partial charge >= 0.3 is 6.03 Å². The number of hydrogen-bond donors (Lipinski definition) is 3. The molecule has 2 atom stereocenters. The van der Waals surface area contributed by atoms with Gasteiger partial charge in [-0.15, -0.1) is 0 Å². The maximum Gasteiger partial charge on any atom is 0.319 e. The van der Waals surface area contributed by atoms with Crippen LogP contribution in [0, 0.1) is 0 Å². The summed E-state index contributed by atoms with van der Waals surface area (Å²) in [6, 6.07) is 18.2. The predicted molar refractivity (Wildman–Crippen MR) is 101 cm³/mol.